The van der Waals surface area contributed by atoms with Crippen molar-refractivity contribution >= 4 is 21.5 Å². The van der Waals surface area contributed by atoms with Crippen molar-refractivity contribution in [3.63, 3.8) is 0 Å². The fraction of sp³-hybridized carbons (Fsp3) is 0.0526. The predicted molar refractivity (Wildman–Crippen MR) is 101 cm³/mol. The lowest BCUT2D eigenvalue weighted by Gasteiger charge is -2.09. The third kappa shape index (κ3) is 3.84. The zero-order chi connectivity index (χ0) is 19.7. The Morgan fingerprint density at radius 2 is 1.86 bits per heavy atom. The van der Waals surface area contributed by atoms with Gasteiger partial charge in [0, 0.05) is 35.4 Å². The Morgan fingerprint density at radius 3 is 2.61 bits per heavy atom. The van der Waals surface area contributed by atoms with Gasteiger partial charge in [-0.15, -0.1) is 0 Å². The highest BCUT2D eigenvalue weighted by molar-refractivity contribution is 7.91. The third-order valence-electron chi connectivity index (χ3n) is 4.04. The van der Waals surface area contributed by atoms with Gasteiger partial charge in [0.2, 0.25) is 15.8 Å². The number of fused-ring (bicyclic) bond motifs is 1. The molecule has 0 saturated heterocycles. The normalized spacial score (nSPS) is 11.6. The van der Waals surface area contributed by atoms with Gasteiger partial charge in [0.05, 0.1) is 11.4 Å². The first kappa shape index (κ1) is 18.1. The molecule has 142 valence electrons. The molecule has 0 bridgehead atoms. The van der Waals surface area contributed by atoms with Gasteiger partial charge >= 0.3 is 0 Å². The number of hydrogen-bond donors (Lipinski definition) is 1. The SMILES string of the molecule is O=S(=O)(Cc1cc(F)ccc1F)Nc1ccc(-c2cn3cccnc3n2)cc1. The number of sulfonamides is 1. The summed E-state index contributed by atoms with van der Waals surface area (Å²) in [5.74, 6) is -1.59. The number of rotatable bonds is 5. The van der Waals surface area contributed by atoms with Crippen LogP contribution in [0.25, 0.3) is 17.0 Å². The summed E-state index contributed by atoms with van der Waals surface area (Å²) in [5.41, 5.74) is 1.54. The highest BCUT2D eigenvalue weighted by Crippen LogP contribution is 2.22. The molecule has 2 aromatic carbocycles. The smallest absolute Gasteiger partial charge is 0.237 e. The van der Waals surface area contributed by atoms with Crippen LogP contribution in [0, 0.1) is 11.6 Å². The molecule has 0 radical (unpaired) electrons. The van der Waals surface area contributed by atoms with Crippen LogP contribution in [-0.2, 0) is 15.8 Å². The van der Waals surface area contributed by atoms with Crippen molar-refractivity contribution in [2.24, 2.45) is 0 Å². The molecule has 0 aliphatic carbocycles. The number of anilines is 1. The van der Waals surface area contributed by atoms with Gasteiger partial charge in [0.1, 0.15) is 11.6 Å². The summed E-state index contributed by atoms with van der Waals surface area (Å²) in [4.78, 5) is 8.55. The van der Waals surface area contributed by atoms with Crippen molar-refractivity contribution in [1.29, 1.82) is 0 Å². The molecule has 0 aliphatic heterocycles. The molecule has 0 fully saturated rings. The maximum atomic E-state index is 13.7. The van der Waals surface area contributed by atoms with E-state index < -0.39 is 27.4 Å². The van der Waals surface area contributed by atoms with Crippen LogP contribution in [0.4, 0.5) is 14.5 Å². The molecule has 0 amide bonds. The van der Waals surface area contributed by atoms with E-state index in [1.165, 1.54) is 0 Å². The van der Waals surface area contributed by atoms with Crippen LogP contribution in [0.15, 0.2) is 67.1 Å². The van der Waals surface area contributed by atoms with E-state index >= 15 is 0 Å². The first-order chi connectivity index (χ1) is 13.4. The van der Waals surface area contributed by atoms with Gasteiger partial charge in [-0.25, -0.2) is 27.2 Å². The molecule has 4 rings (SSSR count). The van der Waals surface area contributed by atoms with E-state index in [1.54, 1.807) is 40.9 Å². The van der Waals surface area contributed by atoms with E-state index in [2.05, 4.69) is 14.7 Å². The first-order valence-electron chi connectivity index (χ1n) is 8.24. The van der Waals surface area contributed by atoms with E-state index in [1.807, 2.05) is 12.4 Å². The van der Waals surface area contributed by atoms with Crippen molar-refractivity contribution in [2.75, 3.05) is 4.72 Å². The molecule has 0 saturated carbocycles. The molecule has 1 N–H and O–H groups in total. The van der Waals surface area contributed by atoms with E-state index in [0.29, 0.717) is 17.2 Å². The van der Waals surface area contributed by atoms with Gasteiger partial charge in [-0.05, 0) is 36.4 Å². The van der Waals surface area contributed by atoms with Crippen LogP contribution in [0.1, 0.15) is 5.56 Å². The Kier molecular flexibility index (Phi) is 4.52. The van der Waals surface area contributed by atoms with E-state index in [9.17, 15) is 17.2 Å². The van der Waals surface area contributed by atoms with E-state index in [0.717, 1.165) is 23.8 Å². The van der Waals surface area contributed by atoms with Crippen LogP contribution in [0.3, 0.4) is 0 Å². The average Bonchev–Trinajstić information content (AvgIpc) is 3.09. The minimum Gasteiger partial charge on any atom is -0.291 e. The van der Waals surface area contributed by atoms with Crippen LogP contribution >= 0.6 is 0 Å². The maximum Gasteiger partial charge on any atom is 0.237 e. The molecule has 0 atom stereocenters. The van der Waals surface area contributed by atoms with Crippen LogP contribution in [0.5, 0.6) is 0 Å². The summed E-state index contributed by atoms with van der Waals surface area (Å²) in [6.07, 6.45) is 5.28. The zero-order valence-corrected chi connectivity index (χ0v) is 15.2. The number of aromatic nitrogens is 3. The number of imidazole rings is 1. The summed E-state index contributed by atoms with van der Waals surface area (Å²) in [5, 5.41) is 0. The molecular weight excluding hydrogens is 386 g/mol. The number of nitrogens with zero attached hydrogens (tertiary/aromatic N) is 3. The Hall–Kier alpha value is -3.33. The Balaban J connectivity index is 1.53. The predicted octanol–water partition coefficient (Wildman–Crippen LogP) is 3.62. The lowest BCUT2D eigenvalue weighted by atomic mass is 10.1. The molecule has 0 aliphatic rings. The molecule has 6 nitrogen and oxygen atoms in total. The lowest BCUT2D eigenvalue weighted by molar-refractivity contribution is 0.581. The van der Waals surface area contributed by atoms with Crippen LogP contribution in [-0.4, -0.2) is 22.8 Å². The highest BCUT2D eigenvalue weighted by Gasteiger charge is 2.16. The molecule has 4 aromatic rings. The Morgan fingerprint density at radius 1 is 1.07 bits per heavy atom. The number of benzene rings is 2. The van der Waals surface area contributed by atoms with Gasteiger partial charge in [0.25, 0.3) is 0 Å². The van der Waals surface area contributed by atoms with Gasteiger partial charge in [-0.3, -0.25) is 9.12 Å². The molecule has 0 unspecified atom stereocenters. The summed E-state index contributed by atoms with van der Waals surface area (Å²) in [7, 11) is -3.91. The second kappa shape index (κ2) is 7.01. The Bertz CT molecular complexity index is 1220. The second-order valence-electron chi connectivity index (χ2n) is 6.13. The van der Waals surface area contributed by atoms with Gasteiger partial charge in [-0.1, -0.05) is 12.1 Å². The fourth-order valence-electron chi connectivity index (χ4n) is 2.75. The quantitative estimate of drug-likeness (QED) is 0.555. The summed E-state index contributed by atoms with van der Waals surface area (Å²) >= 11 is 0. The summed E-state index contributed by atoms with van der Waals surface area (Å²) in [6, 6.07) is 11.1. The fourth-order valence-corrected chi connectivity index (χ4v) is 3.95. The molecule has 0 spiro atoms. The molecular formula is C19H14F2N4O2S. The average molecular weight is 400 g/mol. The van der Waals surface area contributed by atoms with Gasteiger partial charge in [-0.2, -0.15) is 0 Å². The largest absolute Gasteiger partial charge is 0.291 e. The molecule has 28 heavy (non-hydrogen) atoms. The first-order valence-corrected chi connectivity index (χ1v) is 9.89. The number of halogens is 2. The topological polar surface area (TPSA) is 76.4 Å². The molecule has 2 aromatic heterocycles. The minimum absolute atomic E-state index is 0.235. The maximum absolute atomic E-state index is 13.7. The number of hydrogen-bond acceptors (Lipinski definition) is 4. The zero-order valence-electron chi connectivity index (χ0n) is 14.4. The molecule has 9 heteroatoms. The van der Waals surface area contributed by atoms with Crippen molar-refractivity contribution in [3.05, 3.63) is 84.3 Å². The van der Waals surface area contributed by atoms with Crippen LogP contribution < -0.4 is 4.72 Å². The van der Waals surface area contributed by atoms with Crippen LogP contribution in [0.2, 0.25) is 0 Å². The minimum atomic E-state index is -3.91. The van der Waals surface area contributed by atoms with E-state index in [4.69, 9.17) is 0 Å². The van der Waals surface area contributed by atoms with Crippen molar-refractivity contribution in [2.45, 2.75) is 5.75 Å². The highest BCUT2D eigenvalue weighted by atomic mass is 32.2. The third-order valence-corrected chi connectivity index (χ3v) is 5.28. The van der Waals surface area contributed by atoms with Crippen molar-refractivity contribution < 1.29 is 17.2 Å². The van der Waals surface area contributed by atoms with Gasteiger partial charge < -0.3 is 0 Å². The van der Waals surface area contributed by atoms with Crippen molar-refractivity contribution in [1.82, 2.24) is 14.4 Å². The van der Waals surface area contributed by atoms with Gasteiger partial charge in [0.15, 0.2) is 0 Å². The summed E-state index contributed by atoms with van der Waals surface area (Å²) in [6.45, 7) is 0. The van der Waals surface area contributed by atoms with E-state index in [-0.39, 0.29) is 5.56 Å². The second-order valence-corrected chi connectivity index (χ2v) is 7.85. The standard InChI is InChI=1S/C19H14F2N4O2S/c20-15-4-7-17(21)14(10-15)12-28(26,27)24-16-5-2-13(3-6-16)18-11-25-9-1-8-22-19(25)23-18/h1-11,24H,12H2. The summed E-state index contributed by atoms with van der Waals surface area (Å²) < 4.78 is 55.6. The Labute approximate surface area is 159 Å². The molecule has 2 heterocycles. The van der Waals surface area contributed by atoms with Crippen molar-refractivity contribution in [3.8, 4) is 11.3 Å². The monoisotopic (exact) mass is 400 g/mol. The number of nitrogens with one attached hydrogen (secondary N) is 1. The lowest BCUT2D eigenvalue weighted by Crippen LogP contribution is -2.16.